The van der Waals surface area contributed by atoms with E-state index in [1.54, 1.807) is 25.1 Å². The van der Waals surface area contributed by atoms with Crippen molar-refractivity contribution in [3.63, 3.8) is 0 Å². The molecule has 1 N–H and O–H groups in total. The first-order chi connectivity index (χ1) is 8.33. The van der Waals surface area contributed by atoms with Gasteiger partial charge in [-0.25, -0.2) is 13.1 Å². The first-order valence-electron chi connectivity index (χ1n) is 6.05. The lowest BCUT2D eigenvalue weighted by atomic mass is 10.2. The molecule has 0 aliphatic rings. The maximum absolute atomic E-state index is 12.2. The predicted molar refractivity (Wildman–Crippen MR) is 74.1 cm³/mol. The summed E-state index contributed by atoms with van der Waals surface area (Å²) in [5.74, 6) is 0. The molecule has 102 valence electrons. The van der Waals surface area contributed by atoms with Gasteiger partial charge in [0.15, 0.2) is 0 Å². The predicted octanol–water partition coefficient (Wildman–Crippen LogP) is 1.61. The molecule has 5 heteroatoms. The molecule has 1 rings (SSSR count). The fourth-order valence-electron chi connectivity index (χ4n) is 1.70. The Hall–Kier alpha value is -0.910. The second kappa shape index (κ2) is 6.31. The lowest BCUT2D eigenvalue weighted by Crippen LogP contribution is -2.35. The molecule has 1 atom stereocenters. The highest BCUT2D eigenvalue weighted by Crippen LogP contribution is 2.14. The van der Waals surface area contributed by atoms with E-state index in [1.807, 2.05) is 32.0 Å². The quantitative estimate of drug-likeness (QED) is 0.854. The summed E-state index contributed by atoms with van der Waals surface area (Å²) in [4.78, 5) is 2.40. The van der Waals surface area contributed by atoms with E-state index in [9.17, 15) is 8.42 Å². The van der Waals surface area contributed by atoms with Gasteiger partial charge in [-0.05, 0) is 52.5 Å². The molecule has 0 bridgehead atoms. The molecule has 1 aromatic rings. The summed E-state index contributed by atoms with van der Waals surface area (Å²) in [6, 6.07) is 6.95. The van der Waals surface area contributed by atoms with Gasteiger partial charge in [0.25, 0.3) is 0 Å². The number of sulfonamides is 1. The maximum Gasteiger partial charge on any atom is 0.241 e. The van der Waals surface area contributed by atoms with E-state index in [1.165, 1.54) is 0 Å². The van der Waals surface area contributed by atoms with Crippen LogP contribution in [0.4, 0.5) is 0 Å². The van der Waals surface area contributed by atoms with Gasteiger partial charge < -0.3 is 4.90 Å². The molecule has 0 aliphatic carbocycles. The average molecular weight is 270 g/mol. The van der Waals surface area contributed by atoms with Crippen molar-refractivity contribution >= 4 is 10.0 Å². The number of nitrogens with one attached hydrogen (secondary N) is 1. The molecule has 0 aromatic heterocycles. The van der Waals surface area contributed by atoms with Gasteiger partial charge in [-0.2, -0.15) is 0 Å². The highest BCUT2D eigenvalue weighted by atomic mass is 32.2. The molecule has 0 spiro atoms. The second-order valence-corrected chi connectivity index (χ2v) is 6.56. The van der Waals surface area contributed by atoms with E-state index in [0.29, 0.717) is 4.90 Å². The molecular weight excluding hydrogens is 248 g/mol. The Morgan fingerprint density at radius 2 is 1.89 bits per heavy atom. The molecular formula is C13H22N2O2S. The van der Waals surface area contributed by atoms with Crippen molar-refractivity contribution in [3.05, 3.63) is 29.8 Å². The van der Waals surface area contributed by atoms with Gasteiger partial charge >= 0.3 is 0 Å². The molecule has 0 heterocycles. The fraction of sp³-hybridized carbons (Fsp3) is 0.538. The third-order valence-corrected chi connectivity index (χ3v) is 4.50. The Morgan fingerprint density at radius 3 is 2.44 bits per heavy atom. The van der Waals surface area contributed by atoms with Crippen LogP contribution in [0.2, 0.25) is 0 Å². The summed E-state index contributed by atoms with van der Waals surface area (Å²) in [7, 11) is 0.543. The number of nitrogens with zero attached hydrogens (tertiary/aromatic N) is 1. The zero-order valence-corrected chi connectivity index (χ0v) is 12.3. The molecule has 0 saturated carbocycles. The molecule has 4 nitrogen and oxygen atoms in total. The molecule has 0 radical (unpaired) electrons. The van der Waals surface area contributed by atoms with Gasteiger partial charge in [0.1, 0.15) is 0 Å². The molecule has 1 aromatic carbocycles. The summed E-state index contributed by atoms with van der Waals surface area (Å²) in [6.07, 6.45) is 0.790. The minimum atomic E-state index is -3.41. The third-order valence-electron chi connectivity index (χ3n) is 2.75. The zero-order valence-electron chi connectivity index (χ0n) is 11.5. The molecule has 0 aliphatic heterocycles. The summed E-state index contributed by atoms with van der Waals surface area (Å²) >= 11 is 0. The van der Waals surface area contributed by atoms with Crippen LogP contribution in [0.5, 0.6) is 0 Å². The van der Waals surface area contributed by atoms with Crippen molar-refractivity contribution in [2.45, 2.75) is 31.2 Å². The molecule has 1 unspecified atom stereocenters. The summed E-state index contributed by atoms with van der Waals surface area (Å²) < 4.78 is 27.1. The standard InChI is InChI=1S/C13H22N2O2S/c1-11-7-5-6-8-13(11)18(16,17)14-12(2)9-10-15(3)4/h5-8,12,14H,9-10H2,1-4H3. The van der Waals surface area contributed by atoms with Gasteiger partial charge in [0.2, 0.25) is 10.0 Å². The largest absolute Gasteiger partial charge is 0.309 e. The van der Waals surface area contributed by atoms with Gasteiger partial charge in [-0.1, -0.05) is 18.2 Å². The Labute approximate surface area is 110 Å². The smallest absolute Gasteiger partial charge is 0.241 e. The summed E-state index contributed by atoms with van der Waals surface area (Å²) in [5, 5.41) is 0. The van der Waals surface area contributed by atoms with E-state index in [4.69, 9.17) is 0 Å². The van der Waals surface area contributed by atoms with Gasteiger partial charge in [-0.15, -0.1) is 0 Å². The molecule has 0 fully saturated rings. The van der Waals surface area contributed by atoms with Crippen molar-refractivity contribution in [1.29, 1.82) is 0 Å². The summed E-state index contributed by atoms with van der Waals surface area (Å²) in [6.45, 7) is 4.55. The van der Waals surface area contributed by atoms with Crippen molar-refractivity contribution in [2.24, 2.45) is 0 Å². The minimum absolute atomic E-state index is 0.0722. The van der Waals surface area contributed by atoms with Crippen LogP contribution < -0.4 is 4.72 Å². The highest BCUT2D eigenvalue weighted by Gasteiger charge is 2.18. The van der Waals surface area contributed by atoms with Crippen molar-refractivity contribution < 1.29 is 8.42 Å². The van der Waals surface area contributed by atoms with Crippen LogP contribution in [0, 0.1) is 6.92 Å². The molecule has 0 amide bonds. The Morgan fingerprint density at radius 1 is 1.28 bits per heavy atom. The Bertz CT molecular complexity index is 484. The average Bonchev–Trinajstić information content (AvgIpc) is 2.26. The molecule has 0 saturated heterocycles. The number of benzene rings is 1. The van der Waals surface area contributed by atoms with Crippen LogP contribution in [-0.2, 0) is 10.0 Å². The van der Waals surface area contributed by atoms with E-state index in [2.05, 4.69) is 4.72 Å². The second-order valence-electron chi connectivity index (χ2n) is 4.88. The first kappa shape index (κ1) is 15.1. The highest BCUT2D eigenvalue weighted by molar-refractivity contribution is 7.89. The van der Waals surface area contributed by atoms with Crippen LogP contribution in [-0.4, -0.2) is 40.0 Å². The summed E-state index contributed by atoms with van der Waals surface area (Å²) in [5.41, 5.74) is 0.768. The van der Waals surface area contributed by atoms with E-state index < -0.39 is 10.0 Å². The van der Waals surface area contributed by atoms with E-state index >= 15 is 0 Å². The van der Waals surface area contributed by atoms with Crippen LogP contribution >= 0.6 is 0 Å². The minimum Gasteiger partial charge on any atom is -0.309 e. The topological polar surface area (TPSA) is 49.4 Å². The lowest BCUT2D eigenvalue weighted by Gasteiger charge is -2.17. The number of aryl methyl sites for hydroxylation is 1. The van der Waals surface area contributed by atoms with Crippen LogP contribution in [0.3, 0.4) is 0 Å². The number of hydrogen-bond acceptors (Lipinski definition) is 3. The van der Waals surface area contributed by atoms with Crippen LogP contribution in [0.15, 0.2) is 29.2 Å². The number of hydrogen-bond donors (Lipinski definition) is 1. The van der Waals surface area contributed by atoms with Gasteiger partial charge in [0.05, 0.1) is 4.90 Å². The normalized spacial score (nSPS) is 13.8. The molecule has 18 heavy (non-hydrogen) atoms. The lowest BCUT2D eigenvalue weighted by molar-refractivity contribution is 0.379. The van der Waals surface area contributed by atoms with Crippen LogP contribution in [0.25, 0.3) is 0 Å². The number of rotatable bonds is 6. The third kappa shape index (κ3) is 4.40. The van der Waals surface area contributed by atoms with Crippen molar-refractivity contribution in [1.82, 2.24) is 9.62 Å². The van der Waals surface area contributed by atoms with Gasteiger partial charge in [0, 0.05) is 6.04 Å². The van der Waals surface area contributed by atoms with E-state index in [0.717, 1.165) is 18.5 Å². The van der Waals surface area contributed by atoms with Gasteiger partial charge in [-0.3, -0.25) is 0 Å². The monoisotopic (exact) mass is 270 g/mol. The maximum atomic E-state index is 12.2. The zero-order chi connectivity index (χ0) is 13.8. The van der Waals surface area contributed by atoms with Crippen molar-refractivity contribution in [2.75, 3.05) is 20.6 Å². The van der Waals surface area contributed by atoms with Crippen molar-refractivity contribution in [3.8, 4) is 0 Å². The van der Waals surface area contributed by atoms with E-state index in [-0.39, 0.29) is 6.04 Å². The Kier molecular flexibility index (Phi) is 5.31. The van der Waals surface area contributed by atoms with Crippen LogP contribution in [0.1, 0.15) is 18.9 Å². The first-order valence-corrected chi connectivity index (χ1v) is 7.54. The SMILES string of the molecule is Cc1ccccc1S(=O)(=O)NC(C)CCN(C)C. The Balaban J connectivity index is 2.74. The fourth-order valence-corrected chi connectivity index (χ4v) is 3.22.